The number of aliphatic carboxylic acids is 1. The number of carboxylic acids is 1. The molecule has 25 nitrogen and oxygen atoms in total. The molecule has 1 aromatic carbocycles. The molecule has 25 heteroatoms. The van der Waals surface area contributed by atoms with Gasteiger partial charge in [0.15, 0.2) is 6.54 Å². The fraction of sp³-hybridized carbons (Fsp3) is 0.604. The number of carbonyl (C=O) groups excluding carboxylic acids is 9. The van der Waals surface area contributed by atoms with Gasteiger partial charge in [0.2, 0.25) is 41.4 Å². The first kappa shape index (κ1) is 62.3. The van der Waals surface area contributed by atoms with E-state index in [-0.39, 0.29) is 36.2 Å². The number of nitrogens with one attached hydrogen (secondary N) is 8. The highest BCUT2D eigenvalue weighted by molar-refractivity contribution is 5.98. The normalized spacial score (nSPS) is 16.1. The van der Waals surface area contributed by atoms with Crippen LogP contribution in [0.4, 0.5) is 0 Å². The molecule has 1 aliphatic heterocycles. The first-order chi connectivity index (χ1) is 34.1. The van der Waals surface area contributed by atoms with Crippen LogP contribution in [0.5, 0.6) is 0 Å². The van der Waals surface area contributed by atoms with Crippen LogP contribution in [0.2, 0.25) is 0 Å². The van der Waals surface area contributed by atoms with E-state index >= 15 is 0 Å². The SMILES string of the molecule is CC[C@H](C)[C@H](NC(=O)[C@H](C)NC(=O)[C@H](CO)NC(=O)[C@H](CC1=CN(C)[CH]N1C)NC(=O)[C@H](Cc1ccccc1)NC(=O)[C@H](CO)NC(=O)C[N+](C)(C)C)C(=O)N[C@@H](CC(=O)OC)C(=O)N[C@@H](CC(C)C)C(=O)O. The van der Waals surface area contributed by atoms with Gasteiger partial charge in [-0.25, -0.2) is 4.79 Å². The molecule has 0 fully saturated rings. The fourth-order valence-electron chi connectivity index (χ4n) is 7.30. The second-order valence-corrected chi connectivity index (χ2v) is 19.5. The zero-order valence-corrected chi connectivity index (χ0v) is 43.6. The molecule has 0 saturated carbocycles. The maximum absolute atomic E-state index is 14.2. The van der Waals surface area contributed by atoms with Crippen molar-refractivity contribution >= 4 is 59.2 Å². The van der Waals surface area contributed by atoms with Crippen LogP contribution >= 0.6 is 0 Å². The maximum atomic E-state index is 14.2. The number of methoxy groups -OCH3 is 1. The maximum Gasteiger partial charge on any atom is 0.326 e. The molecule has 1 radical (unpaired) electrons. The number of esters is 1. The van der Waals surface area contributed by atoms with Crippen molar-refractivity contribution < 1.29 is 72.5 Å². The molecule has 407 valence electrons. The molecular weight excluding hydrogens is 955 g/mol. The molecule has 0 bridgehead atoms. The van der Waals surface area contributed by atoms with E-state index in [4.69, 9.17) is 0 Å². The van der Waals surface area contributed by atoms with E-state index in [0.29, 0.717) is 17.7 Å². The number of quaternary nitrogens is 1. The van der Waals surface area contributed by atoms with E-state index in [0.717, 1.165) is 7.11 Å². The summed E-state index contributed by atoms with van der Waals surface area (Å²) in [5.74, 6) is -10.0. The second-order valence-electron chi connectivity index (χ2n) is 19.5. The third kappa shape index (κ3) is 21.4. The molecule has 9 atom stereocenters. The molecule has 0 saturated heterocycles. The number of carboxylic acid groups (broad SMARTS) is 1. The highest BCUT2D eigenvalue weighted by Crippen LogP contribution is 2.21. The molecule has 2 rings (SSSR count). The fourth-order valence-corrected chi connectivity index (χ4v) is 7.30. The molecule has 8 amide bonds. The van der Waals surface area contributed by atoms with Gasteiger partial charge in [0.1, 0.15) is 55.0 Å². The summed E-state index contributed by atoms with van der Waals surface area (Å²) in [5.41, 5.74) is 1.15. The quantitative estimate of drug-likeness (QED) is 0.0267. The Labute approximate surface area is 426 Å². The van der Waals surface area contributed by atoms with Gasteiger partial charge in [0.05, 0.1) is 47.9 Å². The van der Waals surface area contributed by atoms with Crippen molar-refractivity contribution in [3.05, 3.63) is 54.5 Å². The highest BCUT2D eigenvalue weighted by atomic mass is 16.5. The number of aliphatic hydroxyl groups excluding tert-OH is 2. The number of nitrogens with zero attached hydrogens (tertiary/aromatic N) is 3. The smallest absolute Gasteiger partial charge is 0.326 e. The van der Waals surface area contributed by atoms with Gasteiger partial charge in [-0.05, 0) is 30.7 Å². The van der Waals surface area contributed by atoms with Crippen LogP contribution in [0.15, 0.2) is 42.2 Å². The Bertz CT molecular complexity index is 2120. The molecule has 0 spiro atoms. The number of hydrogen-bond donors (Lipinski definition) is 11. The van der Waals surface area contributed by atoms with Crippen LogP contribution in [0.1, 0.15) is 65.9 Å². The predicted octanol–water partition coefficient (Wildman–Crippen LogP) is -3.21. The van der Waals surface area contributed by atoms with Crippen molar-refractivity contribution in [2.75, 3.05) is 62.1 Å². The van der Waals surface area contributed by atoms with Crippen molar-refractivity contribution in [3.63, 3.8) is 0 Å². The number of likely N-dealkylation sites (N-methyl/N-ethyl adjacent to an activating group) is 1. The van der Waals surface area contributed by atoms with Crippen molar-refractivity contribution in [2.24, 2.45) is 11.8 Å². The number of hydrogen-bond acceptors (Lipinski definition) is 15. The summed E-state index contributed by atoms with van der Waals surface area (Å²) >= 11 is 0. The molecule has 1 aliphatic rings. The van der Waals surface area contributed by atoms with Crippen LogP contribution < -0.4 is 42.5 Å². The molecule has 11 N–H and O–H groups in total. The average Bonchev–Trinajstić information content (AvgIpc) is 3.64. The summed E-state index contributed by atoms with van der Waals surface area (Å²) in [4.78, 5) is 137. The largest absolute Gasteiger partial charge is 0.480 e. The Hall–Kier alpha value is -6.86. The Morgan fingerprint density at radius 1 is 0.630 bits per heavy atom. The predicted molar refractivity (Wildman–Crippen MR) is 264 cm³/mol. The highest BCUT2D eigenvalue weighted by Gasteiger charge is 2.37. The van der Waals surface area contributed by atoms with E-state index in [9.17, 15) is 63.3 Å². The minimum absolute atomic E-state index is 0.0233. The Kier molecular flexibility index (Phi) is 25.2. The van der Waals surface area contributed by atoms with E-state index in [1.54, 1.807) is 116 Å². The molecule has 73 heavy (non-hydrogen) atoms. The van der Waals surface area contributed by atoms with Gasteiger partial charge >= 0.3 is 11.9 Å². The standard InChI is InChI=1S/C48H76N11O14/c1-12-28(4)40(47(70)53-34(21-39(63)73-11)44(67)54-35(48(71)72)18-27(2)3)56-41(64)29(5)49-45(68)37(25-61)55-43(66)33(20-31-22-57(6)26-58(31)7)52-42(65)32(19-30-16-14-13-15-17-30)51-46(69)36(24-60)50-38(62)23-59(8,9)10/h13-17,22,26-29,32-37,40,60-61H,12,18-21,23-25H2,1-11H3,(H8-,49,50,51,52,53,54,55,56,62,64,65,66,67,68,69,70,71,72)/p+1/t28-,29-,32-,33-,34-,35-,36-,37-,40-/m0/s1. The number of ether oxygens (including phenoxy) is 1. The van der Waals surface area contributed by atoms with E-state index in [1.165, 1.54) is 6.92 Å². The lowest BCUT2D eigenvalue weighted by Crippen LogP contribution is -2.61. The molecule has 0 aliphatic carbocycles. The average molecular weight is 1030 g/mol. The van der Waals surface area contributed by atoms with Gasteiger partial charge in [0.25, 0.3) is 5.91 Å². The summed E-state index contributed by atoms with van der Waals surface area (Å²) in [6.45, 7) is 7.98. The summed E-state index contributed by atoms with van der Waals surface area (Å²) in [5, 5.41) is 50.0. The summed E-state index contributed by atoms with van der Waals surface area (Å²) in [6.07, 6.45) is 1.11. The first-order valence-corrected chi connectivity index (χ1v) is 23.9. The van der Waals surface area contributed by atoms with Gasteiger partial charge in [-0.1, -0.05) is 64.4 Å². The Morgan fingerprint density at radius 3 is 1.62 bits per heavy atom. The van der Waals surface area contributed by atoms with Crippen molar-refractivity contribution in [2.45, 2.75) is 115 Å². The van der Waals surface area contributed by atoms with Gasteiger partial charge in [-0.15, -0.1) is 0 Å². The molecule has 0 unspecified atom stereocenters. The zero-order chi connectivity index (χ0) is 55.3. The Balaban J connectivity index is 2.35. The lowest BCUT2D eigenvalue weighted by atomic mass is 9.97. The van der Waals surface area contributed by atoms with Crippen LogP contribution in [-0.4, -0.2) is 199 Å². The summed E-state index contributed by atoms with van der Waals surface area (Å²) in [6, 6.07) is -3.09. The molecule has 1 heterocycles. The van der Waals surface area contributed by atoms with E-state index < -0.39 is 133 Å². The molecule has 1 aromatic rings. The van der Waals surface area contributed by atoms with Crippen molar-refractivity contribution in [1.29, 1.82) is 0 Å². The minimum Gasteiger partial charge on any atom is -0.480 e. The van der Waals surface area contributed by atoms with E-state index in [1.807, 2.05) is 0 Å². The number of aliphatic hydroxyl groups is 2. The van der Waals surface area contributed by atoms with Crippen LogP contribution in [-0.2, 0) is 59.1 Å². The monoisotopic (exact) mass is 1030 g/mol. The van der Waals surface area contributed by atoms with Gasteiger partial charge in [0, 0.05) is 38.8 Å². The van der Waals surface area contributed by atoms with Crippen LogP contribution in [0.3, 0.4) is 0 Å². The van der Waals surface area contributed by atoms with Crippen LogP contribution in [0.25, 0.3) is 0 Å². The number of amides is 8. The zero-order valence-electron chi connectivity index (χ0n) is 43.6. The first-order valence-electron chi connectivity index (χ1n) is 23.9. The Morgan fingerprint density at radius 2 is 1.12 bits per heavy atom. The van der Waals surface area contributed by atoms with Gasteiger partial charge < -0.3 is 76.9 Å². The second kappa shape index (κ2) is 29.6. The van der Waals surface area contributed by atoms with E-state index in [2.05, 4.69) is 47.3 Å². The van der Waals surface area contributed by atoms with Gasteiger partial charge in [-0.2, -0.15) is 0 Å². The molecule has 0 aromatic heterocycles. The lowest BCUT2D eigenvalue weighted by molar-refractivity contribution is -0.862. The van der Waals surface area contributed by atoms with Crippen LogP contribution in [0, 0.1) is 18.5 Å². The van der Waals surface area contributed by atoms with Crippen molar-refractivity contribution in [3.8, 4) is 0 Å². The number of benzene rings is 1. The third-order valence-corrected chi connectivity index (χ3v) is 11.5. The number of carbonyl (C=O) groups is 10. The van der Waals surface area contributed by atoms with Gasteiger partial charge in [-0.3, -0.25) is 43.2 Å². The minimum atomic E-state index is -1.70. The third-order valence-electron chi connectivity index (χ3n) is 11.5. The summed E-state index contributed by atoms with van der Waals surface area (Å²) < 4.78 is 4.91. The molecular formula is C48H77N11O14+. The topological polar surface area (TPSA) is 343 Å². The summed E-state index contributed by atoms with van der Waals surface area (Å²) in [7, 11) is 9.77. The lowest BCUT2D eigenvalue weighted by Gasteiger charge is -2.29. The van der Waals surface area contributed by atoms with Crippen molar-refractivity contribution in [1.82, 2.24) is 52.3 Å². The number of rotatable bonds is 30.